The van der Waals surface area contributed by atoms with Crippen LogP contribution < -0.4 is 16.8 Å². The molecule has 5 N–H and O–H groups in total. The summed E-state index contributed by atoms with van der Waals surface area (Å²) in [4.78, 5) is 0. The number of fused-ring (bicyclic) bond motifs is 1. The molecule has 0 fully saturated rings. The average Bonchev–Trinajstić information content (AvgIpc) is 3.40. The molecule has 0 bridgehead atoms. The van der Waals surface area contributed by atoms with E-state index in [1.807, 2.05) is 46.0 Å². The fourth-order valence-corrected chi connectivity index (χ4v) is 2.94. The van der Waals surface area contributed by atoms with Gasteiger partial charge >= 0.3 is 0 Å². The Morgan fingerprint density at radius 3 is 2.32 bits per heavy atom. The van der Waals surface area contributed by atoms with Crippen LogP contribution in [0.4, 0.5) is 4.39 Å². The van der Waals surface area contributed by atoms with Gasteiger partial charge in [-0.25, -0.2) is 4.39 Å². The van der Waals surface area contributed by atoms with Gasteiger partial charge in [-0.3, -0.25) is 0 Å². The highest BCUT2D eigenvalue weighted by molar-refractivity contribution is 5.76. The highest BCUT2D eigenvalue weighted by atomic mass is 19.1. The smallest absolute Gasteiger partial charge is 0.123 e. The Morgan fingerprint density at radius 1 is 1.04 bits per heavy atom. The zero-order valence-corrected chi connectivity index (χ0v) is 17.2. The van der Waals surface area contributed by atoms with E-state index in [9.17, 15) is 4.39 Å². The highest BCUT2D eigenvalue weighted by Gasteiger charge is 2.29. The summed E-state index contributed by atoms with van der Waals surface area (Å²) < 4.78 is 13.5. The first-order chi connectivity index (χ1) is 13.7. The minimum Gasteiger partial charge on any atom is -0.405 e. The van der Waals surface area contributed by atoms with Gasteiger partial charge in [0, 0.05) is 0 Å². The number of halogens is 1. The Morgan fingerprint density at radius 2 is 1.71 bits per heavy atom. The molecule has 0 radical (unpaired) electrons. The summed E-state index contributed by atoms with van der Waals surface area (Å²) >= 11 is 0. The topological polar surface area (TPSA) is 64.1 Å². The summed E-state index contributed by atoms with van der Waals surface area (Å²) in [5, 5.41) is 3.31. The lowest BCUT2D eigenvalue weighted by molar-refractivity contribution is 0.621. The lowest BCUT2D eigenvalue weighted by Crippen LogP contribution is -2.19. The van der Waals surface area contributed by atoms with Crippen molar-refractivity contribution in [1.29, 1.82) is 0 Å². The van der Waals surface area contributed by atoms with E-state index < -0.39 is 0 Å². The lowest BCUT2D eigenvalue weighted by atomic mass is 9.91. The summed E-state index contributed by atoms with van der Waals surface area (Å²) in [5.41, 5.74) is 16.2. The Labute approximate surface area is 168 Å². The summed E-state index contributed by atoms with van der Waals surface area (Å²) in [5.74, 6) is -0.217. The van der Waals surface area contributed by atoms with Crippen LogP contribution in [0.3, 0.4) is 0 Å². The average molecular weight is 382 g/mol. The van der Waals surface area contributed by atoms with Crippen LogP contribution in [0.15, 0.2) is 73.6 Å². The monoisotopic (exact) mass is 381 g/mol. The molecule has 1 aliphatic carbocycles. The molecule has 3 nitrogen and oxygen atoms in total. The van der Waals surface area contributed by atoms with Gasteiger partial charge in [-0.2, -0.15) is 0 Å². The number of allylic oxidation sites excluding steroid dienone is 2. The molecule has 2 atom stereocenters. The molecule has 1 heterocycles. The van der Waals surface area contributed by atoms with E-state index in [4.69, 9.17) is 5.73 Å². The van der Waals surface area contributed by atoms with E-state index in [1.165, 1.54) is 23.4 Å². The van der Waals surface area contributed by atoms with Gasteiger partial charge in [0.2, 0.25) is 0 Å². The van der Waals surface area contributed by atoms with Gasteiger partial charge in [0.05, 0.1) is 12.1 Å². The predicted molar refractivity (Wildman–Crippen MR) is 119 cm³/mol. The number of hydrogen-bond acceptors (Lipinski definition) is 3. The Bertz CT molecular complexity index is 824. The van der Waals surface area contributed by atoms with Crippen molar-refractivity contribution in [1.82, 2.24) is 5.32 Å². The maximum atomic E-state index is 13.5. The van der Waals surface area contributed by atoms with Gasteiger partial charge in [0.15, 0.2) is 0 Å². The number of hydrogen-bond donors (Lipinski definition) is 3. The van der Waals surface area contributed by atoms with Gasteiger partial charge in [0.25, 0.3) is 0 Å². The molecule has 0 amide bonds. The van der Waals surface area contributed by atoms with Crippen molar-refractivity contribution in [3.8, 4) is 0 Å². The first-order valence-corrected chi connectivity index (χ1v) is 9.76. The lowest BCUT2D eigenvalue weighted by Gasteiger charge is -2.24. The van der Waals surface area contributed by atoms with Gasteiger partial charge in [-0.1, -0.05) is 64.6 Å². The molecule has 4 rings (SSSR count). The van der Waals surface area contributed by atoms with Crippen molar-refractivity contribution in [3.63, 3.8) is 0 Å². The Kier molecular flexibility index (Phi) is 9.75. The molecular formula is C24H32FN3. The Hall–Kier alpha value is -2.85. The second kappa shape index (κ2) is 11.8. The van der Waals surface area contributed by atoms with Gasteiger partial charge in [0.1, 0.15) is 5.82 Å². The molecule has 2 aliphatic rings. The van der Waals surface area contributed by atoms with Crippen molar-refractivity contribution in [2.75, 3.05) is 0 Å². The van der Waals surface area contributed by atoms with Crippen molar-refractivity contribution in [2.24, 2.45) is 11.5 Å². The van der Waals surface area contributed by atoms with Crippen LogP contribution in [0.2, 0.25) is 0 Å². The van der Waals surface area contributed by atoms with Crippen LogP contribution in [0.1, 0.15) is 62.0 Å². The normalized spacial score (nSPS) is 17.6. The first kappa shape index (κ1) is 23.2. The van der Waals surface area contributed by atoms with Gasteiger partial charge in [-0.15, -0.1) is 0 Å². The highest BCUT2D eigenvalue weighted by Crippen LogP contribution is 2.42. The predicted octanol–water partition coefficient (Wildman–Crippen LogP) is 5.57. The zero-order chi connectivity index (χ0) is 21.1. The summed E-state index contributed by atoms with van der Waals surface area (Å²) in [7, 11) is 0. The SMILES string of the molecule is C=CN.CC.CC.NC1c2ccc(C3=CC=CNC3c3cccc(F)c3)cc21. The van der Waals surface area contributed by atoms with E-state index in [-0.39, 0.29) is 17.9 Å². The maximum Gasteiger partial charge on any atom is 0.123 e. The van der Waals surface area contributed by atoms with E-state index in [0.717, 1.165) is 16.7 Å². The van der Waals surface area contributed by atoms with Crippen LogP contribution >= 0.6 is 0 Å². The summed E-state index contributed by atoms with van der Waals surface area (Å²) in [6, 6.07) is 13.1. The second-order valence-electron chi connectivity index (χ2n) is 5.69. The number of dihydropyridines is 1. The van der Waals surface area contributed by atoms with Gasteiger partial charge in [-0.05, 0) is 64.5 Å². The van der Waals surface area contributed by atoms with Crippen LogP contribution in [0.25, 0.3) is 5.57 Å². The molecule has 1 aliphatic heterocycles. The third-order valence-corrected chi connectivity index (χ3v) is 4.13. The molecule has 2 aromatic rings. The molecule has 2 unspecified atom stereocenters. The van der Waals surface area contributed by atoms with Crippen molar-refractivity contribution in [3.05, 3.63) is 102 Å². The molecule has 0 saturated carbocycles. The number of nitrogens with one attached hydrogen (secondary N) is 1. The summed E-state index contributed by atoms with van der Waals surface area (Å²) in [6.45, 7) is 11.1. The van der Waals surface area contributed by atoms with Crippen LogP contribution in [-0.2, 0) is 0 Å². The minimum atomic E-state index is -0.217. The van der Waals surface area contributed by atoms with Crippen molar-refractivity contribution < 1.29 is 4.39 Å². The molecule has 2 aromatic carbocycles. The summed E-state index contributed by atoms with van der Waals surface area (Å²) in [6.07, 6.45) is 7.18. The second-order valence-corrected chi connectivity index (χ2v) is 5.69. The molecule has 0 spiro atoms. The van der Waals surface area contributed by atoms with Crippen molar-refractivity contribution >= 4 is 5.57 Å². The minimum absolute atomic E-state index is 0.0428. The van der Waals surface area contributed by atoms with Crippen LogP contribution in [-0.4, -0.2) is 0 Å². The number of rotatable bonds is 2. The largest absolute Gasteiger partial charge is 0.405 e. The van der Waals surface area contributed by atoms with Crippen molar-refractivity contribution in [2.45, 2.75) is 39.8 Å². The van der Waals surface area contributed by atoms with Crippen LogP contribution in [0.5, 0.6) is 0 Å². The third-order valence-electron chi connectivity index (χ3n) is 4.13. The molecular weight excluding hydrogens is 349 g/mol. The van der Waals surface area contributed by atoms with E-state index in [1.54, 1.807) is 12.1 Å². The van der Waals surface area contributed by atoms with Crippen LogP contribution in [0, 0.1) is 5.82 Å². The van der Waals surface area contributed by atoms with E-state index >= 15 is 0 Å². The standard InChI is InChI=1S/C18H15FN2.C2H5N.2C2H6/c19-13-4-1-3-12(9-13)18-14(5-2-8-21-18)11-6-7-15-16(10-11)17(15)20;1-2-3;2*1-2/h1-10,17-18,21H,20H2;2H,1,3H2;2*1-2H3. The zero-order valence-electron chi connectivity index (χ0n) is 17.2. The fraction of sp³-hybridized carbons (Fsp3) is 0.250. The maximum absolute atomic E-state index is 13.5. The molecule has 28 heavy (non-hydrogen) atoms. The number of nitrogens with two attached hydrogens (primary N) is 2. The van der Waals surface area contributed by atoms with E-state index in [2.05, 4.69) is 41.9 Å². The van der Waals surface area contributed by atoms with Gasteiger partial charge < -0.3 is 16.8 Å². The molecule has 0 saturated heterocycles. The third kappa shape index (κ3) is 5.57. The first-order valence-electron chi connectivity index (χ1n) is 9.76. The number of benzene rings is 2. The molecule has 4 heteroatoms. The quantitative estimate of drug-likeness (QED) is 0.637. The Balaban J connectivity index is 0.000000502. The molecule has 150 valence electrons. The molecule has 0 aromatic heterocycles. The van der Waals surface area contributed by atoms with E-state index in [0.29, 0.717) is 0 Å². The fourth-order valence-electron chi connectivity index (χ4n) is 2.94.